The van der Waals surface area contributed by atoms with E-state index in [1.54, 1.807) is 6.92 Å². The van der Waals surface area contributed by atoms with E-state index in [9.17, 15) is 14.4 Å². The molecule has 27 heavy (non-hydrogen) atoms. The second-order valence-electron chi connectivity index (χ2n) is 9.17. The zero-order valence-corrected chi connectivity index (χ0v) is 16.2. The molecule has 3 aliphatic carbocycles. The van der Waals surface area contributed by atoms with Gasteiger partial charge in [-0.3, -0.25) is 14.4 Å². The minimum Gasteiger partial charge on any atom is -0.458 e. The van der Waals surface area contributed by atoms with Gasteiger partial charge in [0.05, 0.1) is 5.41 Å². The summed E-state index contributed by atoms with van der Waals surface area (Å²) < 4.78 is 23.6. The van der Waals surface area contributed by atoms with Crippen LogP contribution in [0.3, 0.4) is 0 Å². The number of rotatable bonds is 4. The zero-order valence-electron chi connectivity index (χ0n) is 16.2. The molecule has 2 saturated heterocycles. The Morgan fingerprint density at radius 2 is 1.89 bits per heavy atom. The third-order valence-electron chi connectivity index (χ3n) is 8.51. The molecule has 7 nitrogen and oxygen atoms in total. The van der Waals surface area contributed by atoms with Gasteiger partial charge in [-0.2, -0.15) is 0 Å². The number of esters is 3. The number of ether oxygens (including phenoxy) is 4. The van der Waals surface area contributed by atoms with Crippen molar-refractivity contribution in [1.29, 1.82) is 0 Å². The maximum Gasteiger partial charge on any atom is 0.317 e. The molecule has 8 unspecified atom stereocenters. The van der Waals surface area contributed by atoms with Crippen LogP contribution < -0.4 is 0 Å². The van der Waals surface area contributed by atoms with Gasteiger partial charge in [0.25, 0.3) is 0 Å². The summed E-state index contributed by atoms with van der Waals surface area (Å²) in [7, 11) is 0. The first-order valence-electron chi connectivity index (χ1n) is 9.97. The predicted molar refractivity (Wildman–Crippen MR) is 90.3 cm³/mol. The SMILES string of the molecule is CCOC1C(OC(=O)CC)C2CC3(C(=O)O2)C2CC4(C)OC(=O)C13C4(C)C2. The van der Waals surface area contributed by atoms with E-state index >= 15 is 0 Å². The summed E-state index contributed by atoms with van der Waals surface area (Å²) in [5.41, 5.74) is -3.30. The lowest BCUT2D eigenvalue weighted by molar-refractivity contribution is -0.221. The lowest BCUT2D eigenvalue weighted by atomic mass is 9.43. The van der Waals surface area contributed by atoms with E-state index in [4.69, 9.17) is 18.9 Å². The Hall–Kier alpha value is -1.63. The molecule has 2 spiro atoms. The highest BCUT2D eigenvalue weighted by molar-refractivity contribution is 5.96. The molecule has 0 aromatic heterocycles. The van der Waals surface area contributed by atoms with E-state index in [-0.39, 0.29) is 30.2 Å². The van der Waals surface area contributed by atoms with Gasteiger partial charge in [-0.15, -0.1) is 0 Å². The van der Waals surface area contributed by atoms with Crippen LogP contribution in [0, 0.1) is 22.2 Å². The average Bonchev–Trinajstić information content (AvgIpc) is 3.16. The topological polar surface area (TPSA) is 88.1 Å². The zero-order chi connectivity index (χ0) is 19.4. The van der Waals surface area contributed by atoms with Crippen LogP contribution in [0.2, 0.25) is 0 Å². The van der Waals surface area contributed by atoms with Gasteiger partial charge < -0.3 is 18.9 Å². The second-order valence-corrected chi connectivity index (χ2v) is 9.17. The van der Waals surface area contributed by atoms with Crippen LogP contribution in [-0.4, -0.2) is 48.4 Å². The van der Waals surface area contributed by atoms with Crippen molar-refractivity contribution in [1.82, 2.24) is 0 Å². The van der Waals surface area contributed by atoms with Crippen LogP contribution in [0.25, 0.3) is 0 Å². The Morgan fingerprint density at radius 1 is 1.15 bits per heavy atom. The lowest BCUT2D eigenvalue weighted by Gasteiger charge is -2.55. The fourth-order valence-electron chi connectivity index (χ4n) is 7.48. The number of carbonyl (C=O) groups is 3. The maximum atomic E-state index is 13.5. The van der Waals surface area contributed by atoms with Crippen molar-refractivity contribution in [3.63, 3.8) is 0 Å². The van der Waals surface area contributed by atoms with E-state index in [1.165, 1.54) is 0 Å². The molecule has 3 saturated carbocycles. The Bertz CT molecular complexity index is 763. The first-order chi connectivity index (χ1) is 12.7. The lowest BCUT2D eigenvalue weighted by Crippen LogP contribution is -2.69. The van der Waals surface area contributed by atoms with Gasteiger partial charge >= 0.3 is 17.9 Å². The molecule has 0 N–H and O–H groups in total. The van der Waals surface area contributed by atoms with Crippen LogP contribution in [0.15, 0.2) is 0 Å². The second kappa shape index (κ2) is 4.85. The summed E-state index contributed by atoms with van der Waals surface area (Å²) in [5.74, 6) is -1.11. The summed E-state index contributed by atoms with van der Waals surface area (Å²) in [6, 6.07) is 0. The van der Waals surface area contributed by atoms with Gasteiger partial charge in [0.2, 0.25) is 0 Å². The fourth-order valence-corrected chi connectivity index (χ4v) is 7.48. The smallest absolute Gasteiger partial charge is 0.317 e. The predicted octanol–water partition coefficient (Wildman–Crippen LogP) is 1.76. The Balaban J connectivity index is 1.75. The van der Waals surface area contributed by atoms with Crippen molar-refractivity contribution in [3.05, 3.63) is 0 Å². The third-order valence-corrected chi connectivity index (χ3v) is 8.51. The highest BCUT2D eigenvalue weighted by Gasteiger charge is 2.95. The molecule has 5 rings (SSSR count). The van der Waals surface area contributed by atoms with Crippen LogP contribution in [-0.2, 0) is 33.3 Å². The van der Waals surface area contributed by atoms with Crippen molar-refractivity contribution in [2.45, 2.75) is 77.3 Å². The van der Waals surface area contributed by atoms with Gasteiger partial charge in [-0.05, 0) is 32.6 Å². The number of fused-ring (bicyclic) bond motifs is 2. The maximum absolute atomic E-state index is 13.5. The average molecular weight is 378 g/mol. The summed E-state index contributed by atoms with van der Waals surface area (Å²) in [5, 5.41) is 0. The summed E-state index contributed by atoms with van der Waals surface area (Å²) in [6.45, 7) is 7.91. The first-order valence-corrected chi connectivity index (χ1v) is 9.97. The highest BCUT2D eigenvalue weighted by atomic mass is 16.6. The van der Waals surface area contributed by atoms with Gasteiger partial charge in [-0.1, -0.05) is 13.8 Å². The van der Waals surface area contributed by atoms with Gasteiger partial charge in [-0.25, -0.2) is 0 Å². The third kappa shape index (κ3) is 1.49. The molecule has 5 fully saturated rings. The van der Waals surface area contributed by atoms with Crippen LogP contribution in [0.5, 0.6) is 0 Å². The van der Waals surface area contributed by atoms with Gasteiger partial charge in [0.1, 0.15) is 23.2 Å². The summed E-state index contributed by atoms with van der Waals surface area (Å²) in [6.07, 6.45) is -0.126. The van der Waals surface area contributed by atoms with Crippen molar-refractivity contribution >= 4 is 17.9 Å². The van der Waals surface area contributed by atoms with Gasteiger partial charge in [0.15, 0.2) is 6.10 Å². The minimum atomic E-state index is -1.17. The molecule has 8 atom stereocenters. The van der Waals surface area contributed by atoms with Crippen molar-refractivity contribution < 1.29 is 33.3 Å². The quantitative estimate of drug-likeness (QED) is 0.544. The molecule has 0 radical (unpaired) electrons. The molecule has 2 aliphatic heterocycles. The van der Waals surface area contributed by atoms with Crippen molar-refractivity contribution in [2.24, 2.45) is 22.2 Å². The van der Waals surface area contributed by atoms with E-state index < -0.39 is 40.2 Å². The highest BCUT2D eigenvalue weighted by Crippen LogP contribution is 2.85. The summed E-state index contributed by atoms with van der Waals surface area (Å²) >= 11 is 0. The van der Waals surface area contributed by atoms with Crippen molar-refractivity contribution in [3.8, 4) is 0 Å². The monoisotopic (exact) mass is 378 g/mol. The Kier molecular flexibility index (Phi) is 3.14. The van der Waals surface area contributed by atoms with Crippen LogP contribution in [0.4, 0.5) is 0 Å². The van der Waals surface area contributed by atoms with Gasteiger partial charge in [0, 0.05) is 24.9 Å². The normalized spacial score (nSPS) is 53.9. The van der Waals surface area contributed by atoms with E-state index in [0.717, 1.165) is 6.42 Å². The molecular weight excluding hydrogens is 352 g/mol. The molecule has 0 aromatic carbocycles. The fraction of sp³-hybridized carbons (Fsp3) is 0.850. The molecule has 2 heterocycles. The van der Waals surface area contributed by atoms with E-state index in [2.05, 4.69) is 0 Å². The Labute approximate surface area is 158 Å². The number of hydrogen-bond acceptors (Lipinski definition) is 7. The molecule has 4 bridgehead atoms. The first kappa shape index (κ1) is 17.5. The van der Waals surface area contributed by atoms with Crippen molar-refractivity contribution in [2.75, 3.05) is 6.61 Å². The molecular formula is C20H26O7. The van der Waals surface area contributed by atoms with Crippen LogP contribution >= 0.6 is 0 Å². The molecule has 148 valence electrons. The molecule has 0 aromatic rings. The standard InChI is InChI=1S/C20H26O7/c1-5-12(21)26-13-11-9-19(15(22)25-11)10-7-17(3)18(4,8-10)27-16(23)20(17,19)14(13)24-6-2/h10-11,13-14H,5-9H2,1-4H3. The van der Waals surface area contributed by atoms with E-state index in [0.29, 0.717) is 19.4 Å². The molecule has 5 aliphatic rings. The minimum absolute atomic E-state index is 0.0160. The Morgan fingerprint density at radius 3 is 2.56 bits per heavy atom. The van der Waals surface area contributed by atoms with E-state index in [1.807, 2.05) is 20.8 Å². The molecule has 0 amide bonds. The summed E-state index contributed by atoms with van der Waals surface area (Å²) in [4.78, 5) is 38.9. The molecule has 7 heteroatoms. The van der Waals surface area contributed by atoms with Crippen LogP contribution in [0.1, 0.15) is 53.4 Å². The largest absolute Gasteiger partial charge is 0.458 e. The number of carbonyl (C=O) groups excluding carboxylic acids is 3. The number of hydrogen-bond donors (Lipinski definition) is 0.